The molecule has 0 saturated heterocycles. The van der Waals surface area contributed by atoms with Gasteiger partial charge in [-0.1, -0.05) is 0 Å². The molecule has 19 heavy (non-hydrogen) atoms. The van der Waals surface area contributed by atoms with Crippen molar-refractivity contribution in [3.8, 4) is 0 Å². The predicted molar refractivity (Wildman–Crippen MR) is 75.2 cm³/mol. The number of rotatable bonds is 7. The average Bonchev–Trinajstić information content (AvgIpc) is 2.59. The van der Waals surface area contributed by atoms with Gasteiger partial charge in [-0.05, 0) is 47.5 Å². The van der Waals surface area contributed by atoms with E-state index in [1.165, 1.54) is 0 Å². The molecule has 1 aromatic rings. The Morgan fingerprint density at radius 1 is 1.53 bits per heavy atom. The topological polar surface area (TPSA) is 67.2 Å². The summed E-state index contributed by atoms with van der Waals surface area (Å²) >= 11 is 0. The number of aliphatic carboxylic acids is 1. The van der Waals surface area contributed by atoms with Crippen molar-refractivity contribution in [3.05, 3.63) is 17.7 Å². The van der Waals surface area contributed by atoms with Crippen molar-refractivity contribution in [2.75, 3.05) is 0 Å². The van der Waals surface area contributed by atoms with Crippen LogP contribution >= 0.6 is 0 Å². The second kappa shape index (κ2) is 6.19. The highest BCUT2D eigenvalue weighted by Gasteiger charge is 2.32. The van der Waals surface area contributed by atoms with Gasteiger partial charge in [0.25, 0.3) is 0 Å². The van der Waals surface area contributed by atoms with Gasteiger partial charge in [-0.25, -0.2) is 4.98 Å². The number of hydrogen-bond donors (Lipinski definition) is 2. The summed E-state index contributed by atoms with van der Waals surface area (Å²) in [6.45, 7) is 10.5. The van der Waals surface area contributed by atoms with Crippen LogP contribution in [-0.4, -0.2) is 32.2 Å². The molecular weight excluding hydrogens is 242 g/mol. The van der Waals surface area contributed by atoms with Gasteiger partial charge in [0.1, 0.15) is 5.54 Å². The van der Waals surface area contributed by atoms with E-state index in [0.29, 0.717) is 6.42 Å². The van der Waals surface area contributed by atoms with Gasteiger partial charge in [0.05, 0.1) is 12.0 Å². The Balaban J connectivity index is 2.58. The number of carbonyl (C=O) groups is 1. The minimum atomic E-state index is -0.863. The fraction of sp³-hybridized carbons (Fsp3) is 0.714. The maximum absolute atomic E-state index is 11.4. The summed E-state index contributed by atoms with van der Waals surface area (Å²) in [4.78, 5) is 15.6. The van der Waals surface area contributed by atoms with E-state index in [1.807, 2.05) is 34.0 Å². The average molecular weight is 267 g/mol. The summed E-state index contributed by atoms with van der Waals surface area (Å²) < 4.78 is 2.08. The number of nitrogens with zero attached hydrogens (tertiary/aromatic N) is 2. The predicted octanol–water partition coefficient (Wildman–Crippen LogP) is 2.12. The number of nitrogens with one attached hydrogen (secondary N) is 1. The molecule has 1 heterocycles. The van der Waals surface area contributed by atoms with Crippen molar-refractivity contribution in [2.45, 2.75) is 65.6 Å². The molecule has 1 atom stereocenters. The Morgan fingerprint density at radius 2 is 2.16 bits per heavy atom. The van der Waals surface area contributed by atoms with Crippen LogP contribution in [0.5, 0.6) is 0 Å². The molecule has 108 valence electrons. The first-order chi connectivity index (χ1) is 8.76. The molecule has 1 unspecified atom stereocenters. The normalized spacial score (nSPS) is 14.6. The van der Waals surface area contributed by atoms with Gasteiger partial charge in [-0.3, -0.25) is 10.1 Å². The van der Waals surface area contributed by atoms with E-state index < -0.39 is 11.5 Å². The fourth-order valence-corrected chi connectivity index (χ4v) is 2.25. The monoisotopic (exact) mass is 267 g/mol. The summed E-state index contributed by atoms with van der Waals surface area (Å²) in [6, 6.07) is 0.151. The first-order valence-corrected chi connectivity index (χ1v) is 6.75. The van der Waals surface area contributed by atoms with Crippen LogP contribution in [0.3, 0.4) is 0 Å². The van der Waals surface area contributed by atoms with Crippen LogP contribution in [0.2, 0.25) is 0 Å². The third-order valence-electron chi connectivity index (χ3n) is 3.50. The molecule has 1 aromatic heterocycles. The molecular formula is C14H25N3O2. The van der Waals surface area contributed by atoms with Crippen molar-refractivity contribution in [3.63, 3.8) is 0 Å². The van der Waals surface area contributed by atoms with Gasteiger partial charge in [-0.2, -0.15) is 0 Å². The fourth-order valence-electron chi connectivity index (χ4n) is 2.25. The van der Waals surface area contributed by atoms with E-state index in [1.54, 1.807) is 6.92 Å². The summed E-state index contributed by atoms with van der Waals surface area (Å²) in [5.74, 6) is -0.792. The standard InChI is InChI=1S/C14H25N3O2/c1-10(2)16-14(5,13(18)19)7-6-8-17-9-15-11(3)12(17)4/h9-10,16H,6-8H2,1-5H3,(H,18,19). The molecule has 0 spiro atoms. The maximum Gasteiger partial charge on any atom is 0.323 e. The van der Waals surface area contributed by atoms with Crippen molar-refractivity contribution in [2.24, 2.45) is 0 Å². The number of aryl methyl sites for hydroxylation is 2. The summed E-state index contributed by atoms with van der Waals surface area (Å²) in [5, 5.41) is 12.5. The molecule has 2 N–H and O–H groups in total. The molecule has 0 aliphatic carbocycles. The van der Waals surface area contributed by atoms with Crippen LogP contribution in [0, 0.1) is 13.8 Å². The second-order valence-corrected chi connectivity index (χ2v) is 5.65. The Morgan fingerprint density at radius 3 is 2.58 bits per heavy atom. The van der Waals surface area contributed by atoms with E-state index in [-0.39, 0.29) is 6.04 Å². The number of imidazole rings is 1. The van der Waals surface area contributed by atoms with E-state index in [4.69, 9.17) is 0 Å². The van der Waals surface area contributed by atoms with E-state index in [2.05, 4.69) is 14.9 Å². The van der Waals surface area contributed by atoms with Crippen LogP contribution in [-0.2, 0) is 11.3 Å². The zero-order valence-electron chi connectivity index (χ0n) is 12.5. The lowest BCUT2D eigenvalue weighted by molar-refractivity contribution is -0.144. The SMILES string of the molecule is Cc1ncn(CCCC(C)(NC(C)C)C(=O)O)c1C. The molecule has 5 heteroatoms. The lowest BCUT2D eigenvalue weighted by atomic mass is 9.95. The van der Waals surface area contributed by atoms with Gasteiger partial charge in [0.15, 0.2) is 0 Å². The first kappa shape index (κ1) is 15.7. The zero-order valence-corrected chi connectivity index (χ0v) is 12.5. The van der Waals surface area contributed by atoms with Gasteiger partial charge in [0.2, 0.25) is 0 Å². The lowest BCUT2D eigenvalue weighted by Crippen LogP contribution is -2.52. The molecule has 0 amide bonds. The summed E-state index contributed by atoms with van der Waals surface area (Å²) in [6.07, 6.45) is 3.22. The molecule has 0 aliphatic heterocycles. The molecule has 0 radical (unpaired) electrons. The van der Waals surface area contributed by atoms with E-state index in [9.17, 15) is 9.90 Å². The summed E-state index contributed by atoms with van der Waals surface area (Å²) in [7, 11) is 0. The molecule has 0 bridgehead atoms. The van der Waals surface area contributed by atoms with E-state index in [0.717, 1.165) is 24.4 Å². The Kier molecular flexibility index (Phi) is 5.11. The lowest BCUT2D eigenvalue weighted by Gasteiger charge is -2.28. The quantitative estimate of drug-likeness (QED) is 0.794. The minimum Gasteiger partial charge on any atom is -0.480 e. The largest absolute Gasteiger partial charge is 0.480 e. The van der Waals surface area contributed by atoms with Crippen molar-refractivity contribution >= 4 is 5.97 Å². The third-order valence-corrected chi connectivity index (χ3v) is 3.50. The number of aromatic nitrogens is 2. The van der Waals surface area contributed by atoms with Crippen LogP contribution in [0.15, 0.2) is 6.33 Å². The molecule has 0 aromatic carbocycles. The van der Waals surface area contributed by atoms with Crippen LogP contribution in [0.4, 0.5) is 0 Å². The first-order valence-electron chi connectivity index (χ1n) is 6.75. The Labute approximate surface area is 115 Å². The third kappa shape index (κ3) is 4.06. The molecule has 0 aliphatic rings. The highest BCUT2D eigenvalue weighted by atomic mass is 16.4. The molecule has 0 fully saturated rings. The number of carboxylic acids is 1. The zero-order chi connectivity index (χ0) is 14.6. The van der Waals surface area contributed by atoms with Crippen LogP contribution in [0.25, 0.3) is 0 Å². The van der Waals surface area contributed by atoms with E-state index >= 15 is 0 Å². The minimum absolute atomic E-state index is 0.151. The number of carboxylic acid groups (broad SMARTS) is 1. The van der Waals surface area contributed by atoms with Gasteiger partial charge >= 0.3 is 5.97 Å². The van der Waals surface area contributed by atoms with Crippen molar-refractivity contribution < 1.29 is 9.90 Å². The number of hydrogen-bond acceptors (Lipinski definition) is 3. The van der Waals surface area contributed by atoms with Gasteiger partial charge < -0.3 is 9.67 Å². The van der Waals surface area contributed by atoms with Crippen LogP contribution < -0.4 is 5.32 Å². The van der Waals surface area contributed by atoms with Crippen LogP contribution in [0.1, 0.15) is 45.0 Å². The Bertz CT molecular complexity index is 440. The molecule has 0 saturated carbocycles. The highest BCUT2D eigenvalue weighted by molar-refractivity contribution is 5.78. The molecule has 1 rings (SSSR count). The van der Waals surface area contributed by atoms with Gasteiger partial charge in [0, 0.05) is 18.3 Å². The van der Waals surface area contributed by atoms with Crippen molar-refractivity contribution in [1.82, 2.24) is 14.9 Å². The molecule has 5 nitrogen and oxygen atoms in total. The van der Waals surface area contributed by atoms with Gasteiger partial charge in [-0.15, -0.1) is 0 Å². The maximum atomic E-state index is 11.4. The Hall–Kier alpha value is -1.36. The second-order valence-electron chi connectivity index (χ2n) is 5.65. The summed E-state index contributed by atoms with van der Waals surface area (Å²) in [5.41, 5.74) is 1.31. The smallest absolute Gasteiger partial charge is 0.323 e. The van der Waals surface area contributed by atoms with Crippen molar-refractivity contribution in [1.29, 1.82) is 0 Å². The highest BCUT2D eigenvalue weighted by Crippen LogP contribution is 2.16.